The van der Waals surface area contributed by atoms with Gasteiger partial charge in [0.2, 0.25) is 0 Å². The average molecular weight is 161 g/mol. The van der Waals surface area contributed by atoms with Gasteiger partial charge in [-0.3, -0.25) is 0 Å². The smallest absolute Gasteiger partial charge is 0.161 e. The van der Waals surface area contributed by atoms with Gasteiger partial charge in [-0.25, -0.2) is 4.79 Å². The van der Waals surface area contributed by atoms with Gasteiger partial charge in [0, 0.05) is 23.4 Å². The van der Waals surface area contributed by atoms with Crippen LogP contribution in [-0.4, -0.2) is 5.94 Å². The number of hydrogen-bond donors (Lipinski definition) is 2. The molecule has 1 heterocycles. The first-order chi connectivity index (χ1) is 6.24. The number of nitrogens with two attached hydrogens (primary N) is 1. The van der Waals surface area contributed by atoms with E-state index < -0.39 is 0 Å². The van der Waals surface area contributed by atoms with Crippen molar-refractivity contribution in [3.8, 4) is 0 Å². The quantitative estimate of drug-likeness (QED) is 0.431. The van der Waals surface area contributed by atoms with Crippen molar-refractivity contribution in [2.24, 2.45) is 0 Å². The molecule has 0 unspecified atom stereocenters. The Bertz CT molecular complexity index is 410. The van der Waals surface area contributed by atoms with Crippen molar-refractivity contribution in [1.82, 2.24) is 5.31 Å². The van der Waals surface area contributed by atoms with E-state index in [0.717, 1.165) is 16.4 Å². The normalized spacial score (nSPS) is 15.5. The summed E-state index contributed by atoms with van der Waals surface area (Å²) in [6.45, 7) is 0.368. The fourth-order valence-corrected chi connectivity index (χ4v) is 1.33. The molecule has 0 atom stereocenters. The Balaban J connectivity index is 2.67. The Labute approximate surface area is 71.3 Å². The molecule has 3 N–H and O–H groups in total. The summed E-state index contributed by atoms with van der Waals surface area (Å²) in [7, 11) is 0. The molecule has 3 nitrogen and oxygen atoms in total. The minimum Gasteiger partial charge on any atom is -0.398 e. The van der Waals surface area contributed by atoms with E-state index in [9.17, 15) is 4.79 Å². The zero-order valence-electron chi connectivity index (χ0n) is 7.37. The molecule has 1 aromatic rings. The van der Waals surface area contributed by atoms with E-state index in [4.69, 9.17) is 7.15 Å². The number of carbonyl (C=O) groups excluding carboxylic acids is 1. The third kappa shape index (κ3) is 0.807. The van der Waals surface area contributed by atoms with Gasteiger partial charge in [0.25, 0.3) is 0 Å². The predicted octanol–water partition coefficient (Wildman–Crippen LogP) is 0.545. The summed E-state index contributed by atoms with van der Waals surface area (Å²) in [5.41, 5.74) is 8.16. The molecule has 0 saturated heterocycles. The van der Waals surface area contributed by atoms with Crippen molar-refractivity contribution < 1.29 is 6.21 Å². The molecular formula is C9H8N2O. The van der Waals surface area contributed by atoms with Crippen molar-refractivity contribution in [2.75, 3.05) is 5.73 Å². The van der Waals surface area contributed by atoms with E-state index in [1.165, 1.54) is 0 Å². The Morgan fingerprint density at radius 1 is 1.67 bits per heavy atom. The van der Waals surface area contributed by atoms with Gasteiger partial charge < -0.3 is 11.0 Å². The fraction of sp³-hybridized carbons (Fsp3) is 0.111. The summed E-state index contributed by atoms with van der Waals surface area (Å²) in [5, 5.41) is 1.11. The van der Waals surface area contributed by atoms with Gasteiger partial charge >= 0.3 is 0 Å². The third-order valence-corrected chi connectivity index (χ3v) is 1.96. The first-order valence-corrected chi connectivity index (χ1v) is 3.63. The highest BCUT2D eigenvalue weighted by molar-refractivity contribution is 5.90. The number of nitrogen functional groups attached to an aromatic ring is 1. The molecule has 3 heteroatoms. The number of anilines is 1. The first kappa shape index (κ1) is 5.86. The molecule has 0 bridgehead atoms. The van der Waals surface area contributed by atoms with Gasteiger partial charge in [0.05, 0.1) is 0 Å². The SMILES string of the molecule is [2H]N1Cc2c(N)cccc2C1=C=O. The van der Waals surface area contributed by atoms with E-state index in [1.807, 2.05) is 0 Å². The van der Waals surface area contributed by atoms with Gasteiger partial charge in [0.1, 0.15) is 5.70 Å². The number of hydrogen-bond acceptors (Lipinski definition) is 3. The molecule has 12 heavy (non-hydrogen) atoms. The largest absolute Gasteiger partial charge is 0.398 e. The minimum atomic E-state index is 0.266. The maximum Gasteiger partial charge on any atom is 0.161 e. The van der Waals surface area contributed by atoms with E-state index in [-0.39, 0.29) is 5.70 Å². The van der Waals surface area contributed by atoms with Crippen molar-refractivity contribution in [1.29, 1.82) is 0 Å². The molecule has 0 aromatic heterocycles. The van der Waals surface area contributed by atoms with Crippen LogP contribution in [0.15, 0.2) is 18.2 Å². The van der Waals surface area contributed by atoms with Crippen LogP contribution < -0.4 is 11.0 Å². The molecule has 0 radical (unpaired) electrons. The number of nitrogens with one attached hydrogen (secondary N) is 1. The van der Waals surface area contributed by atoms with Crippen molar-refractivity contribution in [3.63, 3.8) is 0 Å². The second kappa shape index (κ2) is 2.40. The highest BCUT2D eigenvalue weighted by Gasteiger charge is 2.17. The molecule has 0 saturated carbocycles. The standard InChI is InChI=1S/C9H8N2O/c10-8-3-1-2-6-7(8)4-11-9(6)5-12/h1-3,11H,4,10H2/i/hD. The van der Waals surface area contributed by atoms with Crippen LogP contribution in [0.2, 0.25) is 1.41 Å². The molecule has 60 valence electrons. The first-order valence-electron chi connectivity index (χ1n) is 4.08. The maximum absolute atomic E-state index is 10.5. The molecule has 1 aliphatic rings. The molecule has 1 aliphatic heterocycles. The second-order valence-electron chi connectivity index (χ2n) is 2.64. The van der Waals surface area contributed by atoms with Crippen molar-refractivity contribution in [2.45, 2.75) is 6.54 Å². The molecule has 0 spiro atoms. The van der Waals surface area contributed by atoms with Gasteiger partial charge in [-0.2, -0.15) is 0 Å². The van der Waals surface area contributed by atoms with Crippen molar-refractivity contribution >= 4 is 17.3 Å². The molecule has 0 fully saturated rings. The van der Waals surface area contributed by atoms with Gasteiger partial charge in [-0.1, -0.05) is 12.1 Å². The van der Waals surface area contributed by atoms with Crippen LogP contribution >= 0.6 is 0 Å². The lowest BCUT2D eigenvalue weighted by Gasteiger charge is -1.98. The van der Waals surface area contributed by atoms with Crippen LogP contribution in [0.3, 0.4) is 0 Å². The second-order valence-corrected chi connectivity index (χ2v) is 2.64. The molecule has 0 amide bonds. The van der Waals surface area contributed by atoms with Crippen LogP contribution in [0.4, 0.5) is 5.69 Å². The minimum absolute atomic E-state index is 0.266. The molecular weight excluding hydrogens is 152 g/mol. The average Bonchev–Trinajstić information content (AvgIpc) is 2.43. The summed E-state index contributed by atoms with van der Waals surface area (Å²) >= 11 is 0. The summed E-state index contributed by atoms with van der Waals surface area (Å²) in [4.78, 5) is 10.5. The summed E-state index contributed by atoms with van der Waals surface area (Å²) in [6.07, 6.45) is 0. The predicted molar refractivity (Wildman–Crippen MR) is 46.8 cm³/mol. The lowest BCUT2D eigenvalue weighted by molar-refractivity contribution is 0.568. The zero-order valence-corrected chi connectivity index (χ0v) is 6.37. The lowest BCUT2D eigenvalue weighted by Crippen LogP contribution is -2.01. The van der Waals surface area contributed by atoms with Gasteiger partial charge in [0.15, 0.2) is 7.35 Å². The van der Waals surface area contributed by atoms with Gasteiger partial charge in [-0.05, 0) is 6.07 Å². The van der Waals surface area contributed by atoms with E-state index >= 15 is 0 Å². The van der Waals surface area contributed by atoms with Gasteiger partial charge in [-0.15, -0.1) is 0 Å². The van der Waals surface area contributed by atoms with Crippen LogP contribution in [0.1, 0.15) is 11.1 Å². The van der Waals surface area contributed by atoms with Crippen molar-refractivity contribution in [3.05, 3.63) is 29.3 Å². The summed E-state index contributed by atoms with van der Waals surface area (Å²) in [5.74, 6) is 1.75. The molecule has 2 rings (SSSR count). The van der Waals surface area contributed by atoms with E-state index in [0.29, 0.717) is 12.2 Å². The topological polar surface area (TPSA) is 55.1 Å². The van der Waals surface area contributed by atoms with Crippen LogP contribution in [0.5, 0.6) is 0 Å². The lowest BCUT2D eigenvalue weighted by atomic mass is 10.1. The molecule has 1 aromatic carbocycles. The Hall–Kier alpha value is -1.73. The van der Waals surface area contributed by atoms with Crippen LogP contribution in [0.25, 0.3) is 5.70 Å². The fourth-order valence-electron chi connectivity index (χ4n) is 1.33. The number of fused-ring (bicyclic) bond motifs is 1. The van der Waals surface area contributed by atoms with Crippen LogP contribution in [0, 0.1) is 0 Å². The maximum atomic E-state index is 10.5. The zero-order chi connectivity index (χ0) is 9.42. The number of rotatable bonds is 0. The summed E-state index contributed by atoms with van der Waals surface area (Å²) in [6, 6.07) is 5.31. The third-order valence-electron chi connectivity index (χ3n) is 1.96. The van der Waals surface area contributed by atoms with E-state index in [1.54, 1.807) is 24.1 Å². The summed E-state index contributed by atoms with van der Waals surface area (Å²) < 4.78 is 7.45. The number of benzene rings is 1. The highest BCUT2D eigenvalue weighted by Crippen LogP contribution is 2.26. The molecule has 0 aliphatic carbocycles. The van der Waals surface area contributed by atoms with Crippen LogP contribution in [-0.2, 0) is 11.3 Å². The monoisotopic (exact) mass is 161 g/mol. The Kier molecular flexibility index (Phi) is 1.17. The Morgan fingerprint density at radius 2 is 2.50 bits per heavy atom. The highest BCUT2D eigenvalue weighted by atomic mass is 16.1. The van der Waals surface area contributed by atoms with E-state index in [2.05, 4.69) is 0 Å². The Morgan fingerprint density at radius 3 is 3.25 bits per heavy atom.